The first-order chi connectivity index (χ1) is 13.2. The van der Waals surface area contributed by atoms with Crippen molar-refractivity contribution in [2.75, 3.05) is 0 Å². The molecule has 0 unspecified atom stereocenters. The number of carbonyl (C=O) groups is 1. The van der Waals surface area contributed by atoms with Crippen molar-refractivity contribution in [1.82, 2.24) is 0 Å². The second kappa shape index (κ2) is 21.8. The van der Waals surface area contributed by atoms with Crippen molar-refractivity contribution >= 4 is 5.97 Å². The fourth-order valence-electron chi connectivity index (χ4n) is 3.66. The molecule has 0 aromatic carbocycles. The van der Waals surface area contributed by atoms with Crippen LogP contribution in [0.3, 0.4) is 0 Å². The Kier molecular flexibility index (Phi) is 21.3. The first-order valence-corrected chi connectivity index (χ1v) is 12.4. The number of hydrogen-bond acceptors (Lipinski definition) is 2. The Morgan fingerprint density at radius 3 is 1.41 bits per heavy atom. The van der Waals surface area contributed by atoms with Crippen LogP contribution in [0.15, 0.2) is 0 Å². The molecule has 0 aromatic heterocycles. The molecule has 0 N–H and O–H groups in total. The molecular formula is C25H50O2. The van der Waals surface area contributed by atoms with Gasteiger partial charge in [-0.05, 0) is 26.2 Å². The maximum Gasteiger partial charge on any atom is 0.306 e. The van der Waals surface area contributed by atoms with E-state index in [2.05, 4.69) is 20.8 Å². The minimum Gasteiger partial charge on any atom is -0.463 e. The normalized spacial score (nSPS) is 12.3. The zero-order valence-corrected chi connectivity index (χ0v) is 19.0. The summed E-state index contributed by atoms with van der Waals surface area (Å²) in [4.78, 5) is 11.9. The second-order valence-corrected chi connectivity index (χ2v) is 8.50. The van der Waals surface area contributed by atoms with Crippen molar-refractivity contribution in [3.05, 3.63) is 0 Å². The van der Waals surface area contributed by atoms with Gasteiger partial charge in [0.1, 0.15) is 0 Å². The minimum atomic E-state index is 0.0152. The van der Waals surface area contributed by atoms with Crippen molar-refractivity contribution in [2.45, 2.75) is 155 Å². The van der Waals surface area contributed by atoms with Gasteiger partial charge in [0.05, 0.1) is 6.10 Å². The molecule has 162 valence electrons. The zero-order chi connectivity index (χ0) is 20.0. The first kappa shape index (κ1) is 26.5. The lowest BCUT2D eigenvalue weighted by atomic mass is 10.1. The number of esters is 1. The van der Waals surface area contributed by atoms with E-state index in [0.717, 1.165) is 12.8 Å². The molecule has 0 amide bonds. The maximum absolute atomic E-state index is 11.9. The van der Waals surface area contributed by atoms with Gasteiger partial charge in [-0.3, -0.25) is 4.79 Å². The molecule has 1 atom stereocenters. The molecule has 2 heteroatoms. The predicted molar refractivity (Wildman–Crippen MR) is 119 cm³/mol. The topological polar surface area (TPSA) is 26.3 Å². The highest BCUT2D eigenvalue weighted by atomic mass is 16.5. The molecule has 0 saturated heterocycles. The van der Waals surface area contributed by atoms with Gasteiger partial charge in [-0.2, -0.15) is 0 Å². The molecule has 0 aliphatic carbocycles. The maximum atomic E-state index is 11.9. The highest BCUT2D eigenvalue weighted by molar-refractivity contribution is 5.69. The zero-order valence-electron chi connectivity index (χ0n) is 19.0. The van der Waals surface area contributed by atoms with Crippen LogP contribution in [0.1, 0.15) is 149 Å². The first-order valence-electron chi connectivity index (χ1n) is 12.4. The lowest BCUT2D eigenvalue weighted by molar-refractivity contribution is -0.148. The van der Waals surface area contributed by atoms with Gasteiger partial charge < -0.3 is 4.74 Å². The fraction of sp³-hybridized carbons (Fsp3) is 0.960. The molecule has 0 radical (unpaired) electrons. The van der Waals surface area contributed by atoms with Gasteiger partial charge in [0.25, 0.3) is 0 Å². The summed E-state index contributed by atoms with van der Waals surface area (Å²) in [5, 5.41) is 0. The number of hydrogen-bond donors (Lipinski definition) is 0. The summed E-state index contributed by atoms with van der Waals surface area (Å²) in [7, 11) is 0. The Balaban J connectivity index is 3.32. The summed E-state index contributed by atoms with van der Waals surface area (Å²) in [6, 6.07) is 0. The van der Waals surface area contributed by atoms with Crippen LogP contribution in [0, 0.1) is 0 Å². The van der Waals surface area contributed by atoms with Gasteiger partial charge in [0.15, 0.2) is 0 Å². The van der Waals surface area contributed by atoms with Gasteiger partial charge in [-0.15, -0.1) is 0 Å². The molecule has 0 spiro atoms. The van der Waals surface area contributed by atoms with E-state index in [0.29, 0.717) is 6.42 Å². The van der Waals surface area contributed by atoms with Crippen molar-refractivity contribution in [3.8, 4) is 0 Å². The molecule has 2 nitrogen and oxygen atoms in total. The van der Waals surface area contributed by atoms with Crippen LogP contribution in [-0.2, 0) is 9.53 Å². The quantitative estimate of drug-likeness (QED) is 0.146. The Morgan fingerprint density at radius 2 is 0.963 bits per heavy atom. The number of carbonyl (C=O) groups excluding carboxylic acids is 1. The van der Waals surface area contributed by atoms with E-state index >= 15 is 0 Å². The third-order valence-corrected chi connectivity index (χ3v) is 5.53. The molecule has 27 heavy (non-hydrogen) atoms. The van der Waals surface area contributed by atoms with Crippen LogP contribution in [0.2, 0.25) is 0 Å². The van der Waals surface area contributed by atoms with Gasteiger partial charge in [-0.25, -0.2) is 0 Å². The fourth-order valence-corrected chi connectivity index (χ4v) is 3.66. The van der Waals surface area contributed by atoms with Gasteiger partial charge >= 0.3 is 5.97 Å². The third-order valence-electron chi connectivity index (χ3n) is 5.53. The largest absolute Gasteiger partial charge is 0.463 e. The lowest BCUT2D eigenvalue weighted by Gasteiger charge is -2.13. The molecule has 0 bridgehead atoms. The number of ether oxygens (including phenoxy) is 1. The van der Waals surface area contributed by atoms with Gasteiger partial charge in [0.2, 0.25) is 0 Å². The van der Waals surface area contributed by atoms with Gasteiger partial charge in [-0.1, -0.05) is 117 Å². The standard InChI is InChI=1S/C25H50O2/c1-4-6-8-10-12-14-16-18-20-22-24(3)27-25(26)23-21-19-17-15-13-11-9-7-5-2/h24H,4-23H2,1-3H3/t24-/m0/s1. The van der Waals surface area contributed by atoms with E-state index in [-0.39, 0.29) is 12.1 Å². The third kappa shape index (κ3) is 21.6. The lowest BCUT2D eigenvalue weighted by Crippen LogP contribution is -2.14. The van der Waals surface area contributed by atoms with Gasteiger partial charge in [0, 0.05) is 6.42 Å². The smallest absolute Gasteiger partial charge is 0.306 e. The van der Waals surface area contributed by atoms with Crippen molar-refractivity contribution < 1.29 is 9.53 Å². The summed E-state index contributed by atoms with van der Waals surface area (Å²) >= 11 is 0. The van der Waals surface area contributed by atoms with E-state index in [1.165, 1.54) is 109 Å². The van der Waals surface area contributed by atoms with E-state index in [4.69, 9.17) is 4.74 Å². The monoisotopic (exact) mass is 382 g/mol. The van der Waals surface area contributed by atoms with E-state index < -0.39 is 0 Å². The van der Waals surface area contributed by atoms with Crippen LogP contribution in [-0.4, -0.2) is 12.1 Å². The molecule has 0 saturated carbocycles. The van der Waals surface area contributed by atoms with E-state index in [1.54, 1.807) is 0 Å². The molecule has 0 aliphatic rings. The summed E-state index contributed by atoms with van der Waals surface area (Å²) in [6.07, 6.45) is 25.4. The Hall–Kier alpha value is -0.530. The van der Waals surface area contributed by atoms with Crippen LogP contribution in [0.25, 0.3) is 0 Å². The summed E-state index contributed by atoms with van der Waals surface area (Å²) < 4.78 is 5.56. The average molecular weight is 383 g/mol. The van der Waals surface area contributed by atoms with E-state index in [9.17, 15) is 4.79 Å². The highest BCUT2D eigenvalue weighted by Gasteiger charge is 2.09. The Labute approximate surface area is 171 Å². The second-order valence-electron chi connectivity index (χ2n) is 8.50. The molecule has 0 aliphatic heterocycles. The van der Waals surface area contributed by atoms with Crippen LogP contribution in [0.4, 0.5) is 0 Å². The molecule has 0 heterocycles. The van der Waals surface area contributed by atoms with Crippen LogP contribution >= 0.6 is 0 Å². The summed E-state index contributed by atoms with van der Waals surface area (Å²) in [5.74, 6) is 0.0152. The number of rotatable bonds is 21. The molecular weight excluding hydrogens is 332 g/mol. The van der Waals surface area contributed by atoms with Crippen molar-refractivity contribution in [1.29, 1.82) is 0 Å². The Bertz CT molecular complexity index is 301. The van der Waals surface area contributed by atoms with Crippen LogP contribution < -0.4 is 0 Å². The van der Waals surface area contributed by atoms with Crippen LogP contribution in [0.5, 0.6) is 0 Å². The minimum absolute atomic E-state index is 0.0152. The van der Waals surface area contributed by atoms with Crippen molar-refractivity contribution in [2.24, 2.45) is 0 Å². The predicted octanol–water partition coefficient (Wildman–Crippen LogP) is 8.76. The molecule has 0 aromatic rings. The van der Waals surface area contributed by atoms with E-state index in [1.807, 2.05) is 0 Å². The molecule has 0 rings (SSSR count). The summed E-state index contributed by atoms with van der Waals surface area (Å²) in [5.41, 5.74) is 0. The Morgan fingerprint density at radius 1 is 0.593 bits per heavy atom. The van der Waals surface area contributed by atoms with Crippen molar-refractivity contribution in [3.63, 3.8) is 0 Å². The molecule has 0 fully saturated rings. The highest BCUT2D eigenvalue weighted by Crippen LogP contribution is 2.14. The SMILES string of the molecule is CCCCCCCCCCCC(=O)O[C@@H](C)CCCCCCCCCCC. The summed E-state index contributed by atoms with van der Waals surface area (Å²) in [6.45, 7) is 6.58. The average Bonchev–Trinajstić information content (AvgIpc) is 2.65. The number of unbranched alkanes of at least 4 members (excludes halogenated alkanes) is 16.